The third-order valence-corrected chi connectivity index (χ3v) is 7.45. The molecule has 1 amide bonds. The zero-order chi connectivity index (χ0) is 22.5. The third-order valence-electron chi connectivity index (χ3n) is 6.14. The van der Waals surface area contributed by atoms with Gasteiger partial charge in [0.25, 0.3) is 5.91 Å². The van der Waals surface area contributed by atoms with E-state index in [-0.39, 0.29) is 24.2 Å². The third kappa shape index (κ3) is 5.69. The Labute approximate surface area is 201 Å². The summed E-state index contributed by atoms with van der Waals surface area (Å²) in [6.45, 7) is 5.55. The van der Waals surface area contributed by atoms with Gasteiger partial charge in [0, 0.05) is 45.5 Å². The number of ether oxygens (including phenoxy) is 5. The lowest BCUT2D eigenvalue weighted by Gasteiger charge is -2.38. The number of rotatable bonds is 7. The SMILES string of the molecule is CO[C@@H]1CN(CCC2OCCO2)CC[C@H]1CNC(=O)c1cc(Cl)c(Br)c2c1OCCCO2. The van der Waals surface area contributed by atoms with E-state index in [1.54, 1.807) is 13.2 Å². The van der Waals surface area contributed by atoms with Crippen LogP contribution >= 0.6 is 27.5 Å². The van der Waals surface area contributed by atoms with E-state index in [0.29, 0.717) is 59.5 Å². The summed E-state index contributed by atoms with van der Waals surface area (Å²) in [7, 11) is 1.73. The molecule has 0 aliphatic carbocycles. The first-order chi connectivity index (χ1) is 15.6. The molecular weight excluding hydrogens is 504 g/mol. The maximum atomic E-state index is 13.0. The van der Waals surface area contributed by atoms with E-state index in [4.69, 9.17) is 35.3 Å². The molecule has 3 aliphatic heterocycles. The Balaban J connectivity index is 1.34. The number of carbonyl (C=O) groups excluding carboxylic acids is 1. The van der Waals surface area contributed by atoms with Gasteiger partial charge in [0.15, 0.2) is 17.8 Å². The molecule has 0 saturated carbocycles. The van der Waals surface area contributed by atoms with Gasteiger partial charge in [-0.1, -0.05) is 11.6 Å². The molecule has 0 unspecified atom stereocenters. The van der Waals surface area contributed by atoms with E-state index < -0.39 is 0 Å². The lowest BCUT2D eigenvalue weighted by molar-refractivity contribution is -0.0607. The number of carbonyl (C=O) groups is 1. The second-order valence-electron chi connectivity index (χ2n) is 8.22. The number of halogens is 2. The van der Waals surface area contributed by atoms with Crippen molar-refractivity contribution in [2.75, 3.05) is 59.7 Å². The highest BCUT2D eigenvalue weighted by Gasteiger charge is 2.31. The van der Waals surface area contributed by atoms with Crippen molar-refractivity contribution in [3.63, 3.8) is 0 Å². The Morgan fingerprint density at radius 1 is 1.25 bits per heavy atom. The molecule has 10 heteroatoms. The maximum absolute atomic E-state index is 13.0. The second kappa shape index (κ2) is 11.4. The molecule has 2 atom stereocenters. The van der Waals surface area contributed by atoms with Crippen molar-refractivity contribution in [1.29, 1.82) is 0 Å². The second-order valence-corrected chi connectivity index (χ2v) is 9.42. The minimum atomic E-state index is -0.228. The summed E-state index contributed by atoms with van der Waals surface area (Å²) >= 11 is 9.77. The lowest BCUT2D eigenvalue weighted by atomic mass is 9.93. The van der Waals surface area contributed by atoms with Crippen LogP contribution in [-0.2, 0) is 14.2 Å². The molecule has 8 nitrogen and oxygen atoms in total. The van der Waals surface area contributed by atoms with Crippen LogP contribution in [0.4, 0.5) is 0 Å². The zero-order valence-electron chi connectivity index (χ0n) is 18.2. The fourth-order valence-corrected chi connectivity index (χ4v) is 4.95. The van der Waals surface area contributed by atoms with E-state index in [9.17, 15) is 4.79 Å². The maximum Gasteiger partial charge on any atom is 0.255 e. The number of amides is 1. The molecular formula is C22H30BrClN2O6. The van der Waals surface area contributed by atoms with E-state index in [1.807, 2.05) is 0 Å². The number of fused-ring (bicyclic) bond motifs is 1. The number of piperidine rings is 1. The normalized spacial score (nSPS) is 24.3. The molecule has 4 rings (SSSR count). The Hall–Kier alpha value is -1.10. The number of hydrogen-bond acceptors (Lipinski definition) is 7. The summed E-state index contributed by atoms with van der Waals surface area (Å²) in [5.74, 6) is 0.916. The number of nitrogens with one attached hydrogen (secondary N) is 1. The number of methoxy groups -OCH3 is 1. The molecule has 3 aliphatic rings. The van der Waals surface area contributed by atoms with Crippen LogP contribution in [0.1, 0.15) is 29.6 Å². The highest BCUT2D eigenvalue weighted by molar-refractivity contribution is 9.10. The molecule has 2 fully saturated rings. The van der Waals surface area contributed by atoms with Gasteiger partial charge in [-0.15, -0.1) is 0 Å². The van der Waals surface area contributed by atoms with E-state index >= 15 is 0 Å². The molecule has 0 radical (unpaired) electrons. The van der Waals surface area contributed by atoms with Crippen molar-refractivity contribution in [2.45, 2.75) is 31.7 Å². The summed E-state index contributed by atoms with van der Waals surface area (Å²) in [6, 6.07) is 1.62. The van der Waals surface area contributed by atoms with Gasteiger partial charge < -0.3 is 33.9 Å². The minimum Gasteiger partial charge on any atom is -0.489 e. The molecule has 2 saturated heterocycles. The van der Waals surface area contributed by atoms with Gasteiger partial charge in [-0.3, -0.25) is 4.79 Å². The summed E-state index contributed by atoms with van der Waals surface area (Å²) in [6.07, 6.45) is 2.48. The molecule has 32 heavy (non-hydrogen) atoms. The van der Waals surface area contributed by atoms with Gasteiger partial charge in [-0.25, -0.2) is 0 Å². The monoisotopic (exact) mass is 532 g/mol. The first-order valence-corrected chi connectivity index (χ1v) is 12.3. The largest absolute Gasteiger partial charge is 0.489 e. The average Bonchev–Trinajstić information content (AvgIpc) is 3.21. The molecule has 1 aromatic carbocycles. The summed E-state index contributed by atoms with van der Waals surface area (Å²) in [5.41, 5.74) is 0.387. The topological polar surface area (TPSA) is 78.5 Å². The fourth-order valence-electron chi connectivity index (χ4n) is 4.35. The molecule has 3 heterocycles. The Morgan fingerprint density at radius 2 is 2.00 bits per heavy atom. The van der Waals surface area contributed by atoms with Gasteiger partial charge in [-0.05, 0) is 35.0 Å². The first kappa shape index (κ1) is 24.0. The average molecular weight is 534 g/mol. The number of benzene rings is 1. The van der Waals surface area contributed by atoms with Crippen LogP contribution in [0.5, 0.6) is 11.5 Å². The number of hydrogen-bond donors (Lipinski definition) is 1. The fraction of sp³-hybridized carbons (Fsp3) is 0.682. The molecule has 0 bridgehead atoms. The van der Waals surface area contributed by atoms with Crippen LogP contribution in [0.3, 0.4) is 0 Å². The standard InChI is InChI=1S/C22H30BrClN2O6/c1-28-17-13-26(6-4-18-29-9-10-30-18)5-3-14(17)12-25-22(27)15-11-16(24)19(23)21-20(15)31-7-2-8-32-21/h11,14,17-18H,2-10,12-13H2,1H3,(H,25,27)/t14-,17+/m0/s1. The van der Waals surface area contributed by atoms with Crippen molar-refractivity contribution >= 4 is 33.4 Å². The van der Waals surface area contributed by atoms with Crippen LogP contribution in [0.2, 0.25) is 5.02 Å². The molecule has 1 N–H and O–H groups in total. The molecule has 178 valence electrons. The number of likely N-dealkylation sites (tertiary alicyclic amines) is 1. The molecule has 0 spiro atoms. The van der Waals surface area contributed by atoms with Crippen molar-refractivity contribution < 1.29 is 28.5 Å². The van der Waals surface area contributed by atoms with Crippen LogP contribution in [0.15, 0.2) is 10.5 Å². The first-order valence-electron chi connectivity index (χ1n) is 11.1. The van der Waals surface area contributed by atoms with Crippen molar-refractivity contribution in [2.24, 2.45) is 5.92 Å². The van der Waals surface area contributed by atoms with E-state index in [0.717, 1.165) is 38.9 Å². The highest BCUT2D eigenvalue weighted by Crippen LogP contribution is 2.44. The van der Waals surface area contributed by atoms with Crippen LogP contribution in [0, 0.1) is 5.92 Å². The predicted octanol–water partition coefficient (Wildman–Crippen LogP) is 3.09. The van der Waals surface area contributed by atoms with Crippen molar-refractivity contribution in [3.05, 3.63) is 21.1 Å². The van der Waals surface area contributed by atoms with Gasteiger partial charge in [0.2, 0.25) is 0 Å². The van der Waals surface area contributed by atoms with Crippen LogP contribution < -0.4 is 14.8 Å². The van der Waals surface area contributed by atoms with Crippen LogP contribution in [-0.4, -0.2) is 82.9 Å². The van der Waals surface area contributed by atoms with Gasteiger partial charge in [-0.2, -0.15) is 0 Å². The van der Waals surface area contributed by atoms with Gasteiger partial charge in [0.05, 0.1) is 47.6 Å². The van der Waals surface area contributed by atoms with Gasteiger partial charge >= 0.3 is 0 Å². The Kier molecular flexibility index (Phi) is 8.53. The Morgan fingerprint density at radius 3 is 2.75 bits per heavy atom. The van der Waals surface area contributed by atoms with Crippen molar-refractivity contribution in [3.8, 4) is 11.5 Å². The summed E-state index contributed by atoms with van der Waals surface area (Å²) < 4.78 is 29.0. The molecule has 0 aromatic heterocycles. The Bertz CT molecular complexity index is 807. The van der Waals surface area contributed by atoms with Crippen LogP contribution in [0.25, 0.3) is 0 Å². The number of nitrogens with zero attached hydrogens (tertiary/aromatic N) is 1. The minimum absolute atomic E-state index is 0.0414. The zero-order valence-corrected chi connectivity index (χ0v) is 20.6. The van der Waals surface area contributed by atoms with E-state index in [1.165, 1.54) is 0 Å². The summed E-state index contributed by atoms with van der Waals surface area (Å²) in [4.78, 5) is 15.4. The smallest absolute Gasteiger partial charge is 0.255 e. The highest BCUT2D eigenvalue weighted by atomic mass is 79.9. The predicted molar refractivity (Wildman–Crippen MR) is 123 cm³/mol. The van der Waals surface area contributed by atoms with Crippen molar-refractivity contribution in [1.82, 2.24) is 10.2 Å². The summed E-state index contributed by atoms with van der Waals surface area (Å²) in [5, 5.41) is 3.47. The quantitative estimate of drug-likeness (QED) is 0.577. The lowest BCUT2D eigenvalue weighted by Crippen LogP contribution is -2.49. The molecule has 1 aromatic rings. The van der Waals surface area contributed by atoms with Gasteiger partial charge in [0.1, 0.15) is 0 Å². The van der Waals surface area contributed by atoms with E-state index in [2.05, 4.69) is 26.1 Å².